The number of halogens is 1. The molecule has 0 N–H and O–H groups in total. The van der Waals surface area contributed by atoms with Gasteiger partial charge in [0.2, 0.25) is 0 Å². The quantitative estimate of drug-likeness (QED) is 0.508. The van der Waals surface area contributed by atoms with Gasteiger partial charge in [0.05, 0.1) is 0 Å². The number of rotatable bonds is 1. The highest BCUT2D eigenvalue weighted by Gasteiger charge is 2.54. The summed E-state index contributed by atoms with van der Waals surface area (Å²) in [5, 5.41) is 0. The summed E-state index contributed by atoms with van der Waals surface area (Å²) in [4.78, 5) is 0. The van der Waals surface area contributed by atoms with Crippen molar-refractivity contribution in [3.8, 4) is 0 Å². The minimum absolute atomic E-state index is 0.442. The van der Waals surface area contributed by atoms with Crippen molar-refractivity contribution in [2.75, 3.05) is 0 Å². The Hall–Kier alpha value is -0.0700. The molecule has 2 fully saturated rings. The summed E-state index contributed by atoms with van der Waals surface area (Å²) < 4.78 is 12.5. The Morgan fingerprint density at radius 2 is 1.89 bits per heavy atom. The molecule has 0 bridgehead atoms. The van der Waals surface area contributed by atoms with Crippen LogP contribution in [0.3, 0.4) is 0 Å². The minimum Gasteiger partial charge on any atom is -0.247 e. The maximum atomic E-state index is 12.5. The van der Waals surface area contributed by atoms with E-state index in [4.69, 9.17) is 0 Å². The van der Waals surface area contributed by atoms with Gasteiger partial charge < -0.3 is 0 Å². The molecule has 0 nitrogen and oxygen atoms in total. The highest BCUT2D eigenvalue weighted by molar-refractivity contribution is 5.03. The molecule has 0 aromatic rings. The highest BCUT2D eigenvalue weighted by Crippen LogP contribution is 2.59. The fourth-order valence-corrected chi connectivity index (χ4v) is 2.52. The molecule has 0 aromatic heterocycles. The first kappa shape index (κ1) is 5.70. The third-order valence-electron chi connectivity index (χ3n) is 3.04. The van der Waals surface area contributed by atoms with E-state index in [1.54, 1.807) is 0 Å². The lowest BCUT2D eigenvalue weighted by Crippen LogP contribution is -1.98. The second-order valence-corrected chi connectivity index (χ2v) is 3.47. The maximum Gasteiger partial charge on any atom is 0.101 e. The molecule has 0 aromatic carbocycles. The van der Waals surface area contributed by atoms with Crippen LogP contribution < -0.4 is 0 Å². The van der Waals surface area contributed by atoms with E-state index in [1.165, 1.54) is 6.42 Å². The molecule has 4 atom stereocenters. The van der Waals surface area contributed by atoms with Crippen molar-refractivity contribution in [1.29, 1.82) is 0 Å². The fourth-order valence-electron chi connectivity index (χ4n) is 2.52. The zero-order valence-corrected chi connectivity index (χ0v) is 5.81. The van der Waals surface area contributed by atoms with Crippen molar-refractivity contribution in [2.45, 2.75) is 32.4 Å². The van der Waals surface area contributed by atoms with Crippen LogP contribution in [0.2, 0.25) is 0 Å². The lowest BCUT2D eigenvalue weighted by Gasteiger charge is -2.01. The molecule has 0 aliphatic heterocycles. The zero-order valence-electron chi connectivity index (χ0n) is 5.81. The van der Waals surface area contributed by atoms with Gasteiger partial charge in [0.25, 0.3) is 0 Å². The molecular weight excluding hydrogens is 115 g/mol. The summed E-state index contributed by atoms with van der Waals surface area (Å²) in [5.74, 6) is 2.51. The topological polar surface area (TPSA) is 0 Å². The molecule has 2 rings (SSSR count). The predicted molar refractivity (Wildman–Crippen MR) is 34.9 cm³/mol. The molecule has 2 aliphatic rings. The molecular formula is C8H13F. The van der Waals surface area contributed by atoms with Crippen LogP contribution in [0.15, 0.2) is 0 Å². The average Bonchev–Trinajstić information content (AvgIpc) is 2.30. The van der Waals surface area contributed by atoms with Gasteiger partial charge in [-0.2, -0.15) is 0 Å². The van der Waals surface area contributed by atoms with Crippen molar-refractivity contribution in [1.82, 2.24) is 0 Å². The smallest absolute Gasteiger partial charge is 0.101 e. The van der Waals surface area contributed by atoms with E-state index in [2.05, 4.69) is 6.92 Å². The van der Waals surface area contributed by atoms with Gasteiger partial charge in [-0.05, 0) is 30.6 Å². The Kier molecular flexibility index (Phi) is 1.08. The van der Waals surface area contributed by atoms with Gasteiger partial charge in [-0.3, -0.25) is 0 Å². The minimum atomic E-state index is -0.442. The van der Waals surface area contributed by atoms with E-state index in [9.17, 15) is 4.39 Å². The molecule has 0 amide bonds. The molecule has 52 valence electrons. The largest absolute Gasteiger partial charge is 0.247 e. The Balaban J connectivity index is 1.91. The van der Waals surface area contributed by atoms with Crippen molar-refractivity contribution >= 4 is 0 Å². The molecule has 0 heterocycles. The van der Waals surface area contributed by atoms with Gasteiger partial charge in [-0.1, -0.05) is 13.3 Å². The summed E-state index contributed by atoms with van der Waals surface area (Å²) >= 11 is 0. The number of hydrogen-bond acceptors (Lipinski definition) is 0. The van der Waals surface area contributed by atoms with Gasteiger partial charge in [0.1, 0.15) is 6.17 Å². The molecule has 0 saturated heterocycles. The van der Waals surface area contributed by atoms with Crippen molar-refractivity contribution < 1.29 is 4.39 Å². The predicted octanol–water partition coefficient (Wildman–Crippen LogP) is 2.39. The molecule has 2 saturated carbocycles. The Morgan fingerprint density at radius 3 is 2.33 bits per heavy atom. The molecule has 9 heavy (non-hydrogen) atoms. The molecule has 0 radical (unpaired) electrons. The lowest BCUT2D eigenvalue weighted by atomic mass is 10.1. The summed E-state index contributed by atoms with van der Waals surface area (Å²) in [5.41, 5.74) is 0. The molecule has 2 aliphatic carbocycles. The van der Waals surface area contributed by atoms with Crippen LogP contribution in [-0.4, -0.2) is 6.17 Å². The molecule has 0 spiro atoms. The number of hydrogen-bond donors (Lipinski definition) is 0. The van der Waals surface area contributed by atoms with E-state index in [0.29, 0.717) is 0 Å². The summed E-state index contributed by atoms with van der Waals surface area (Å²) in [6.45, 7) is 2.22. The van der Waals surface area contributed by atoms with Crippen LogP contribution >= 0.6 is 0 Å². The highest BCUT2D eigenvalue weighted by atomic mass is 19.1. The second-order valence-electron chi connectivity index (χ2n) is 3.47. The van der Waals surface area contributed by atoms with Crippen LogP contribution in [0, 0.1) is 17.8 Å². The Morgan fingerprint density at radius 1 is 1.33 bits per heavy atom. The van der Waals surface area contributed by atoms with E-state index in [1.807, 2.05) is 0 Å². The van der Waals surface area contributed by atoms with E-state index in [0.717, 1.165) is 30.6 Å². The van der Waals surface area contributed by atoms with Crippen molar-refractivity contribution in [3.63, 3.8) is 0 Å². The Bertz CT molecular complexity index is 110. The van der Waals surface area contributed by atoms with Crippen LogP contribution in [-0.2, 0) is 0 Å². The third kappa shape index (κ3) is 0.702. The monoisotopic (exact) mass is 128 g/mol. The summed E-state index contributed by atoms with van der Waals surface area (Å²) in [7, 11) is 0. The van der Waals surface area contributed by atoms with Crippen molar-refractivity contribution in [3.05, 3.63) is 0 Å². The van der Waals surface area contributed by atoms with Gasteiger partial charge >= 0.3 is 0 Å². The Labute approximate surface area is 55.4 Å². The van der Waals surface area contributed by atoms with Gasteiger partial charge in [0.15, 0.2) is 0 Å². The maximum absolute atomic E-state index is 12.5. The zero-order chi connectivity index (χ0) is 6.43. The lowest BCUT2D eigenvalue weighted by molar-refractivity contribution is 0.298. The van der Waals surface area contributed by atoms with Crippen molar-refractivity contribution in [2.24, 2.45) is 17.8 Å². The average molecular weight is 128 g/mol. The first-order valence-corrected chi connectivity index (χ1v) is 3.97. The van der Waals surface area contributed by atoms with Crippen LogP contribution in [0.25, 0.3) is 0 Å². The van der Waals surface area contributed by atoms with E-state index < -0.39 is 6.17 Å². The van der Waals surface area contributed by atoms with Crippen LogP contribution in [0.5, 0.6) is 0 Å². The van der Waals surface area contributed by atoms with Gasteiger partial charge in [-0.15, -0.1) is 0 Å². The third-order valence-corrected chi connectivity index (χ3v) is 3.04. The first-order chi connectivity index (χ1) is 4.33. The standard InChI is InChI=1S/C8H13F/c1-2-6-7-3-5(9)4-8(6)7/h5-8H,2-4H2,1H3/t5-,6-,7-,8+. The summed E-state index contributed by atoms with van der Waals surface area (Å²) in [6.07, 6.45) is 2.59. The SMILES string of the molecule is CC[C@@H]1[C@H]2C[C@@H](F)C[C@@H]12. The molecule has 1 heteroatoms. The van der Waals surface area contributed by atoms with E-state index >= 15 is 0 Å². The fraction of sp³-hybridized carbons (Fsp3) is 1.00. The number of alkyl halides is 1. The normalized spacial score (nSPS) is 55.3. The van der Waals surface area contributed by atoms with Gasteiger partial charge in [0, 0.05) is 0 Å². The second kappa shape index (κ2) is 1.71. The van der Waals surface area contributed by atoms with Gasteiger partial charge in [-0.25, -0.2) is 4.39 Å². The van der Waals surface area contributed by atoms with E-state index in [-0.39, 0.29) is 0 Å². The molecule has 0 unspecified atom stereocenters. The summed E-state index contributed by atoms with van der Waals surface area (Å²) in [6, 6.07) is 0. The van der Waals surface area contributed by atoms with Crippen LogP contribution in [0.1, 0.15) is 26.2 Å². The van der Waals surface area contributed by atoms with Crippen LogP contribution in [0.4, 0.5) is 4.39 Å². The number of fused-ring (bicyclic) bond motifs is 1. The first-order valence-electron chi connectivity index (χ1n) is 3.97.